The number of carbonyl (C=O) groups excluding carboxylic acids is 1. The quantitative estimate of drug-likeness (QED) is 0.409. The minimum atomic E-state index is -4.70. The Hall–Kier alpha value is -3.87. The Morgan fingerprint density at radius 1 is 1.14 bits per heavy atom. The van der Waals surface area contributed by atoms with E-state index >= 15 is 0 Å². The van der Waals surface area contributed by atoms with Crippen LogP contribution in [0.25, 0.3) is 0 Å². The number of fused-ring (bicyclic) bond motifs is 1. The minimum absolute atomic E-state index is 0.0384. The zero-order chi connectivity index (χ0) is 25.2. The van der Waals surface area contributed by atoms with Gasteiger partial charge in [-0.05, 0) is 47.9 Å². The first kappa shape index (κ1) is 24.3. The van der Waals surface area contributed by atoms with Crippen molar-refractivity contribution >= 4 is 39.2 Å². The van der Waals surface area contributed by atoms with Gasteiger partial charge in [-0.2, -0.15) is 26.6 Å². The fraction of sp³-hybridized carbons (Fsp3) is 0.227. The number of amides is 1. The van der Waals surface area contributed by atoms with E-state index in [4.69, 9.17) is 4.18 Å². The Morgan fingerprint density at radius 2 is 1.94 bits per heavy atom. The highest BCUT2D eigenvalue weighted by Crippen LogP contribution is 2.35. The van der Waals surface area contributed by atoms with Crippen molar-refractivity contribution in [3.8, 4) is 5.75 Å². The summed E-state index contributed by atoms with van der Waals surface area (Å²) in [5.41, 5.74) is 1.54. The molecule has 0 unspecified atom stereocenters. The topological polar surface area (TPSA) is 122 Å². The highest BCUT2D eigenvalue weighted by molar-refractivity contribution is 7.86. The maximum absolute atomic E-state index is 13.5. The fourth-order valence-corrected chi connectivity index (χ4v) is 3.90. The largest absolute Gasteiger partial charge is 0.421 e. The number of hydrogen-bond donors (Lipinski definition) is 3. The van der Waals surface area contributed by atoms with Gasteiger partial charge in [-0.3, -0.25) is 4.79 Å². The van der Waals surface area contributed by atoms with Crippen LogP contribution in [0.4, 0.5) is 36.3 Å². The molecule has 1 aliphatic heterocycles. The number of alkyl halides is 3. The lowest BCUT2D eigenvalue weighted by atomic mass is 10.0. The Bertz CT molecular complexity index is 1380. The van der Waals surface area contributed by atoms with E-state index in [0.717, 1.165) is 11.8 Å². The van der Waals surface area contributed by atoms with Crippen molar-refractivity contribution in [2.75, 3.05) is 22.2 Å². The maximum Gasteiger partial charge on any atom is 0.421 e. The molecule has 1 amide bonds. The molecule has 0 saturated heterocycles. The molecular weight excluding hydrogens is 487 g/mol. The third kappa shape index (κ3) is 6.38. The summed E-state index contributed by atoms with van der Waals surface area (Å²) >= 11 is 0. The standard InChI is InChI=1S/C22H20F3N5O4S/c1-35(32,33)34-16-4-2-3-13(9-16)11-26-20-17(22(23,24)25)12-27-21(30-20)28-15-6-7-18-14(10-15)5-8-19(31)29-18/h2-4,6-7,9-10,12H,5,8,11H2,1H3,(H,29,31)(H2,26,27,28,30). The summed E-state index contributed by atoms with van der Waals surface area (Å²) in [6, 6.07) is 11.1. The molecule has 0 atom stereocenters. The molecule has 0 saturated carbocycles. The lowest BCUT2D eigenvalue weighted by Gasteiger charge is -2.18. The Labute approximate surface area is 198 Å². The number of nitrogens with one attached hydrogen (secondary N) is 3. The number of nitrogens with zero attached hydrogens (tertiary/aromatic N) is 2. The van der Waals surface area contributed by atoms with Crippen LogP contribution in [0.5, 0.6) is 5.75 Å². The zero-order valence-electron chi connectivity index (χ0n) is 18.3. The molecule has 9 nitrogen and oxygen atoms in total. The lowest BCUT2D eigenvalue weighted by Crippen LogP contribution is -2.19. The second-order valence-corrected chi connectivity index (χ2v) is 9.36. The molecule has 0 radical (unpaired) electrons. The summed E-state index contributed by atoms with van der Waals surface area (Å²) in [6.07, 6.45) is -2.25. The van der Waals surface area contributed by atoms with Gasteiger partial charge in [0.1, 0.15) is 17.1 Å². The zero-order valence-corrected chi connectivity index (χ0v) is 19.1. The summed E-state index contributed by atoms with van der Waals surface area (Å²) in [7, 11) is -3.75. The molecule has 0 bridgehead atoms. The van der Waals surface area contributed by atoms with E-state index in [-0.39, 0.29) is 24.1 Å². The van der Waals surface area contributed by atoms with E-state index in [1.165, 1.54) is 18.2 Å². The SMILES string of the molecule is CS(=O)(=O)Oc1cccc(CNc2nc(Nc3ccc4c(c3)CCC(=O)N4)ncc2C(F)(F)F)c1. The summed E-state index contributed by atoms with van der Waals surface area (Å²) < 4.78 is 68.1. The van der Waals surface area contributed by atoms with Crippen LogP contribution in [0.3, 0.4) is 0 Å². The first-order valence-electron chi connectivity index (χ1n) is 10.3. The summed E-state index contributed by atoms with van der Waals surface area (Å²) in [5, 5.41) is 8.29. The second kappa shape index (κ2) is 9.41. The number of halogens is 3. The molecule has 0 spiro atoms. The van der Waals surface area contributed by atoms with Gasteiger partial charge >= 0.3 is 16.3 Å². The summed E-state index contributed by atoms with van der Waals surface area (Å²) in [5.74, 6) is -0.547. The number of hydrogen-bond acceptors (Lipinski definition) is 8. The van der Waals surface area contributed by atoms with E-state index < -0.39 is 27.7 Å². The average Bonchev–Trinajstić information content (AvgIpc) is 2.76. The predicted molar refractivity (Wildman–Crippen MR) is 123 cm³/mol. The van der Waals surface area contributed by atoms with Gasteiger partial charge in [0.15, 0.2) is 0 Å². The molecule has 4 rings (SSSR count). The van der Waals surface area contributed by atoms with Gasteiger partial charge in [0, 0.05) is 30.5 Å². The van der Waals surface area contributed by atoms with Crippen molar-refractivity contribution in [3.63, 3.8) is 0 Å². The molecule has 0 fully saturated rings. The van der Waals surface area contributed by atoms with Crippen molar-refractivity contribution in [2.24, 2.45) is 0 Å². The van der Waals surface area contributed by atoms with Gasteiger partial charge in [-0.1, -0.05) is 12.1 Å². The number of aromatic nitrogens is 2. The molecule has 3 N–H and O–H groups in total. The number of benzene rings is 2. The third-order valence-corrected chi connectivity index (χ3v) is 5.45. The molecule has 3 aromatic rings. The van der Waals surface area contributed by atoms with Crippen LogP contribution in [0.1, 0.15) is 23.1 Å². The van der Waals surface area contributed by atoms with Crippen LogP contribution in [0.15, 0.2) is 48.7 Å². The summed E-state index contributed by atoms with van der Waals surface area (Å²) in [4.78, 5) is 19.3. The van der Waals surface area contributed by atoms with Gasteiger partial charge < -0.3 is 20.1 Å². The Kier molecular flexibility index (Phi) is 6.52. The van der Waals surface area contributed by atoms with E-state index in [9.17, 15) is 26.4 Å². The Morgan fingerprint density at radius 3 is 2.69 bits per heavy atom. The normalized spacial score (nSPS) is 13.5. The van der Waals surface area contributed by atoms with Crippen LogP contribution in [0, 0.1) is 0 Å². The molecule has 1 aliphatic rings. The molecule has 2 aromatic carbocycles. The van der Waals surface area contributed by atoms with Crippen molar-refractivity contribution in [1.82, 2.24) is 9.97 Å². The Balaban J connectivity index is 1.55. The third-order valence-electron chi connectivity index (χ3n) is 4.96. The van der Waals surface area contributed by atoms with Gasteiger partial charge in [0.2, 0.25) is 11.9 Å². The second-order valence-electron chi connectivity index (χ2n) is 7.79. The molecule has 35 heavy (non-hydrogen) atoms. The van der Waals surface area contributed by atoms with Gasteiger partial charge in [-0.25, -0.2) is 4.98 Å². The van der Waals surface area contributed by atoms with E-state index in [2.05, 4.69) is 25.9 Å². The number of aryl methyl sites for hydroxylation is 1. The maximum atomic E-state index is 13.5. The lowest BCUT2D eigenvalue weighted by molar-refractivity contribution is -0.137. The fourth-order valence-electron chi connectivity index (χ4n) is 3.44. The molecule has 2 heterocycles. The van der Waals surface area contributed by atoms with Crippen molar-refractivity contribution in [3.05, 3.63) is 65.4 Å². The van der Waals surface area contributed by atoms with E-state index in [1.807, 2.05) is 0 Å². The van der Waals surface area contributed by atoms with Crippen LogP contribution in [-0.4, -0.2) is 30.5 Å². The monoisotopic (exact) mass is 507 g/mol. The van der Waals surface area contributed by atoms with Crippen molar-refractivity contribution < 1.29 is 30.6 Å². The molecule has 0 aliphatic carbocycles. The first-order chi connectivity index (χ1) is 16.5. The van der Waals surface area contributed by atoms with Gasteiger partial charge in [-0.15, -0.1) is 0 Å². The van der Waals surface area contributed by atoms with Crippen molar-refractivity contribution in [1.29, 1.82) is 0 Å². The van der Waals surface area contributed by atoms with E-state index in [0.29, 0.717) is 36.0 Å². The molecule has 1 aromatic heterocycles. The van der Waals surface area contributed by atoms with E-state index in [1.54, 1.807) is 24.3 Å². The van der Waals surface area contributed by atoms with Gasteiger partial charge in [0.05, 0.1) is 6.26 Å². The van der Waals surface area contributed by atoms with Gasteiger partial charge in [0.25, 0.3) is 0 Å². The highest BCUT2D eigenvalue weighted by Gasteiger charge is 2.35. The van der Waals surface area contributed by atoms with Crippen LogP contribution < -0.4 is 20.1 Å². The minimum Gasteiger partial charge on any atom is -0.383 e. The highest BCUT2D eigenvalue weighted by atomic mass is 32.2. The molecule has 13 heteroatoms. The number of carbonyl (C=O) groups is 1. The first-order valence-corrected chi connectivity index (χ1v) is 12.1. The number of anilines is 4. The predicted octanol–water partition coefficient (Wildman–Crippen LogP) is 4.07. The van der Waals surface area contributed by atoms with Crippen LogP contribution in [0.2, 0.25) is 0 Å². The molecule has 184 valence electrons. The average molecular weight is 507 g/mol. The smallest absolute Gasteiger partial charge is 0.383 e. The molecular formula is C22H20F3N5O4S. The van der Waals surface area contributed by atoms with Crippen molar-refractivity contribution in [2.45, 2.75) is 25.6 Å². The van der Waals surface area contributed by atoms with Crippen LogP contribution in [-0.2, 0) is 34.1 Å². The van der Waals surface area contributed by atoms with Crippen LogP contribution >= 0.6 is 0 Å². The summed E-state index contributed by atoms with van der Waals surface area (Å²) in [6.45, 7) is -0.0843. The number of rotatable bonds is 7.